The zero-order valence-corrected chi connectivity index (χ0v) is 19.8. The fourth-order valence-electron chi connectivity index (χ4n) is 4.37. The Morgan fingerprint density at radius 2 is 1.70 bits per heavy atom. The highest BCUT2D eigenvalue weighted by Gasteiger charge is 2.52. The Morgan fingerprint density at radius 1 is 1.03 bits per heavy atom. The van der Waals surface area contributed by atoms with Gasteiger partial charge < -0.3 is 4.74 Å². The lowest BCUT2D eigenvalue weighted by molar-refractivity contribution is -0.192. The Labute approximate surface area is 194 Å². The molecule has 0 aliphatic carbocycles. The molecule has 0 spiro atoms. The van der Waals surface area contributed by atoms with Gasteiger partial charge in [0.15, 0.2) is 6.04 Å². The molecule has 1 atom stereocenters. The number of halogens is 3. The zero-order valence-electron chi connectivity index (χ0n) is 19.8. The van der Waals surface area contributed by atoms with E-state index in [-0.39, 0.29) is 17.9 Å². The first-order valence-corrected chi connectivity index (χ1v) is 11.9. The predicted octanol–water partition coefficient (Wildman–Crippen LogP) is 6.95. The second kappa shape index (κ2) is 10.8. The third-order valence-corrected chi connectivity index (χ3v) is 6.25. The minimum absolute atomic E-state index is 0.0298. The van der Waals surface area contributed by atoms with E-state index in [1.54, 1.807) is 32.0 Å². The molecule has 0 saturated carbocycles. The maximum absolute atomic E-state index is 14.4. The normalized spacial score (nSPS) is 17.3. The summed E-state index contributed by atoms with van der Waals surface area (Å²) in [6.45, 7) is 5.79. The van der Waals surface area contributed by atoms with E-state index in [0.717, 1.165) is 29.7 Å². The highest BCUT2D eigenvalue weighted by molar-refractivity contribution is 5.90. The average molecular weight is 465 g/mol. The summed E-state index contributed by atoms with van der Waals surface area (Å²) in [7, 11) is 0. The summed E-state index contributed by atoms with van der Waals surface area (Å²) < 4.78 is 49.1. The molecule has 1 aliphatic heterocycles. The summed E-state index contributed by atoms with van der Waals surface area (Å²) in [5.74, 6) is -0.163. The molecule has 7 heteroatoms. The molecule has 0 aromatic heterocycles. The predicted molar refractivity (Wildman–Crippen MR) is 125 cm³/mol. The van der Waals surface area contributed by atoms with Gasteiger partial charge >= 0.3 is 6.18 Å². The maximum atomic E-state index is 14.4. The molecule has 2 aromatic carbocycles. The van der Waals surface area contributed by atoms with E-state index >= 15 is 0 Å². The molecule has 0 bridgehead atoms. The first-order valence-electron chi connectivity index (χ1n) is 11.9. The van der Waals surface area contributed by atoms with Crippen molar-refractivity contribution in [3.8, 4) is 5.75 Å². The number of rotatable bonds is 11. The number of fused-ring (bicyclic) bond motifs is 1. The Morgan fingerprint density at radius 3 is 2.33 bits per heavy atom. The molecule has 1 aliphatic rings. The van der Waals surface area contributed by atoms with Gasteiger partial charge in [-0.2, -0.15) is 13.2 Å². The van der Waals surface area contributed by atoms with Crippen LogP contribution in [0.3, 0.4) is 0 Å². The van der Waals surface area contributed by atoms with Crippen LogP contribution < -0.4 is 10.2 Å². The number of hydrazine groups is 1. The highest BCUT2D eigenvalue weighted by Crippen LogP contribution is 2.45. The van der Waals surface area contributed by atoms with Crippen LogP contribution in [0.15, 0.2) is 36.4 Å². The molecule has 2 aromatic rings. The molecule has 0 unspecified atom stereocenters. The largest absolute Gasteiger partial charge is 0.493 e. The van der Waals surface area contributed by atoms with Crippen LogP contribution in [0.25, 0.3) is 10.8 Å². The third-order valence-electron chi connectivity index (χ3n) is 6.25. The van der Waals surface area contributed by atoms with E-state index in [1.807, 2.05) is 12.1 Å². The van der Waals surface area contributed by atoms with Gasteiger partial charge in [-0.3, -0.25) is 10.2 Å². The third kappa shape index (κ3) is 6.19. The lowest BCUT2D eigenvalue weighted by atomic mass is 9.93. The molecule has 1 saturated heterocycles. The van der Waals surface area contributed by atoms with Crippen molar-refractivity contribution in [1.29, 1.82) is 0 Å². The number of carbonyl (C=O) groups is 1. The number of nitrogens with zero attached hydrogens (tertiary/aromatic N) is 1. The average Bonchev–Trinajstić information content (AvgIpc) is 3.01. The number of hydrogen-bond acceptors (Lipinski definition) is 3. The van der Waals surface area contributed by atoms with Crippen LogP contribution in [0.5, 0.6) is 5.75 Å². The number of unbranched alkanes of at least 4 members (excludes halogenated alkanes) is 6. The van der Waals surface area contributed by atoms with Crippen molar-refractivity contribution in [2.45, 2.75) is 77.9 Å². The van der Waals surface area contributed by atoms with E-state index < -0.39 is 23.5 Å². The van der Waals surface area contributed by atoms with Gasteiger partial charge in [0.2, 0.25) is 5.91 Å². The lowest BCUT2D eigenvalue weighted by Gasteiger charge is -2.31. The van der Waals surface area contributed by atoms with E-state index in [9.17, 15) is 18.0 Å². The SMILES string of the molecule is CCCCCCCCCOc1c([C@H](N2CC(C)(C)C(=O)N2)C(F)(F)F)ccc2ccccc12. The van der Waals surface area contributed by atoms with Gasteiger partial charge in [-0.05, 0) is 25.7 Å². The van der Waals surface area contributed by atoms with Gasteiger partial charge in [-0.15, -0.1) is 0 Å². The summed E-state index contributed by atoms with van der Waals surface area (Å²) in [5.41, 5.74) is 1.57. The van der Waals surface area contributed by atoms with Crippen LogP contribution in [-0.4, -0.2) is 30.2 Å². The van der Waals surface area contributed by atoms with Crippen LogP contribution in [0.4, 0.5) is 13.2 Å². The minimum Gasteiger partial charge on any atom is -0.493 e. The van der Waals surface area contributed by atoms with Crippen LogP contribution in [0.1, 0.15) is 77.3 Å². The Hall–Kier alpha value is -2.28. The van der Waals surface area contributed by atoms with Crippen molar-refractivity contribution < 1.29 is 22.7 Å². The van der Waals surface area contributed by atoms with Crippen molar-refractivity contribution in [2.24, 2.45) is 5.41 Å². The lowest BCUT2D eigenvalue weighted by Crippen LogP contribution is -2.43. The highest BCUT2D eigenvalue weighted by atomic mass is 19.4. The first kappa shape index (κ1) is 25.3. The summed E-state index contributed by atoms with van der Waals surface area (Å²) in [4.78, 5) is 12.3. The van der Waals surface area contributed by atoms with E-state index in [4.69, 9.17) is 4.74 Å². The number of alkyl halides is 3. The molecule has 0 radical (unpaired) electrons. The van der Waals surface area contributed by atoms with Crippen molar-refractivity contribution in [2.75, 3.05) is 13.2 Å². The standard InChI is InChI=1S/C26H35F3N2O2/c1-4-5-6-7-8-9-12-17-33-22-20-14-11-10-13-19(20)15-16-21(22)23(26(27,28)29)31-18-25(2,3)24(32)30-31/h10-11,13-16,23H,4-9,12,17-18H2,1-3H3,(H,30,32)/t23-/m0/s1. The maximum Gasteiger partial charge on any atom is 0.410 e. The van der Waals surface area contributed by atoms with E-state index in [2.05, 4.69) is 12.3 Å². The topological polar surface area (TPSA) is 41.6 Å². The molecule has 182 valence electrons. The molecular formula is C26H35F3N2O2. The number of benzene rings is 2. The summed E-state index contributed by atoms with van der Waals surface area (Å²) in [6.07, 6.45) is 3.12. The second-order valence-corrected chi connectivity index (χ2v) is 9.57. The van der Waals surface area contributed by atoms with Crippen molar-refractivity contribution in [3.63, 3.8) is 0 Å². The molecule has 33 heavy (non-hydrogen) atoms. The Bertz CT molecular complexity index is 943. The molecule has 1 N–H and O–H groups in total. The number of carbonyl (C=O) groups excluding carboxylic acids is 1. The van der Waals surface area contributed by atoms with Crippen LogP contribution in [0, 0.1) is 5.41 Å². The van der Waals surface area contributed by atoms with Crippen molar-refractivity contribution in [3.05, 3.63) is 42.0 Å². The molecule has 1 amide bonds. The van der Waals surface area contributed by atoms with Gasteiger partial charge in [-0.1, -0.05) is 81.8 Å². The van der Waals surface area contributed by atoms with Crippen molar-refractivity contribution in [1.82, 2.24) is 10.4 Å². The molecular weight excluding hydrogens is 429 g/mol. The monoisotopic (exact) mass is 464 g/mol. The number of nitrogens with one attached hydrogen (secondary N) is 1. The number of ether oxygens (including phenoxy) is 1. The van der Waals surface area contributed by atoms with Gasteiger partial charge in [0.05, 0.1) is 12.0 Å². The number of hydrogen-bond donors (Lipinski definition) is 1. The van der Waals surface area contributed by atoms with Gasteiger partial charge in [0.25, 0.3) is 0 Å². The fraction of sp³-hybridized carbons (Fsp3) is 0.577. The molecule has 1 heterocycles. The molecule has 4 nitrogen and oxygen atoms in total. The summed E-state index contributed by atoms with van der Waals surface area (Å²) in [6, 6.07) is 8.49. The summed E-state index contributed by atoms with van der Waals surface area (Å²) in [5, 5.41) is 2.48. The summed E-state index contributed by atoms with van der Waals surface area (Å²) >= 11 is 0. The van der Waals surface area contributed by atoms with Gasteiger partial charge in [-0.25, -0.2) is 5.01 Å². The van der Waals surface area contributed by atoms with E-state index in [1.165, 1.54) is 31.7 Å². The second-order valence-electron chi connectivity index (χ2n) is 9.57. The quantitative estimate of drug-likeness (QED) is 0.366. The van der Waals surface area contributed by atoms with Gasteiger partial charge in [0, 0.05) is 17.5 Å². The molecule has 1 fully saturated rings. The van der Waals surface area contributed by atoms with Gasteiger partial charge in [0.1, 0.15) is 5.75 Å². The van der Waals surface area contributed by atoms with Crippen LogP contribution in [-0.2, 0) is 4.79 Å². The Kier molecular flexibility index (Phi) is 8.27. The smallest absolute Gasteiger partial charge is 0.410 e. The van der Waals surface area contributed by atoms with Crippen LogP contribution in [0.2, 0.25) is 0 Å². The fourth-order valence-corrected chi connectivity index (χ4v) is 4.37. The zero-order chi connectivity index (χ0) is 24.1. The number of amides is 1. The first-order chi connectivity index (χ1) is 15.6. The van der Waals surface area contributed by atoms with Crippen LogP contribution >= 0.6 is 0 Å². The van der Waals surface area contributed by atoms with E-state index in [0.29, 0.717) is 12.0 Å². The Balaban J connectivity index is 1.85. The van der Waals surface area contributed by atoms with Crippen molar-refractivity contribution >= 4 is 16.7 Å². The molecule has 3 rings (SSSR count). The minimum atomic E-state index is -4.59.